The minimum absolute atomic E-state index is 0.0463. The van der Waals surface area contributed by atoms with E-state index in [0.717, 1.165) is 16.5 Å². The van der Waals surface area contributed by atoms with Gasteiger partial charge in [-0.1, -0.05) is 18.2 Å². The fourth-order valence-electron chi connectivity index (χ4n) is 1.72. The van der Waals surface area contributed by atoms with E-state index in [-0.39, 0.29) is 5.75 Å². The molecule has 4 N–H and O–H groups in total. The Labute approximate surface area is 100 Å². The second-order valence-corrected chi connectivity index (χ2v) is 5.64. The molecule has 6 heteroatoms. The molecule has 0 spiro atoms. The van der Waals surface area contributed by atoms with Crippen LogP contribution in [0.3, 0.4) is 0 Å². The summed E-state index contributed by atoms with van der Waals surface area (Å²) in [6, 6.07) is 7.98. The fourth-order valence-corrected chi connectivity index (χ4v) is 2.14. The maximum Gasteiger partial charge on any atom is 0.210 e. The number of fused-ring (bicyclic) bond motifs is 1. The van der Waals surface area contributed by atoms with E-state index in [4.69, 9.17) is 5.14 Å². The highest BCUT2D eigenvalue weighted by atomic mass is 32.2. The first-order valence-corrected chi connectivity index (χ1v) is 7.04. The summed E-state index contributed by atoms with van der Waals surface area (Å²) >= 11 is 0. The van der Waals surface area contributed by atoms with Crippen molar-refractivity contribution in [2.75, 3.05) is 12.3 Å². The smallest absolute Gasteiger partial charge is 0.210 e. The number of hydrogen-bond donors (Lipinski definition) is 3. The van der Waals surface area contributed by atoms with Crippen LogP contribution >= 0.6 is 0 Å². The number of para-hydroxylation sites is 1. The Morgan fingerprint density at radius 1 is 1.29 bits per heavy atom. The van der Waals surface area contributed by atoms with Crippen molar-refractivity contribution >= 4 is 20.9 Å². The maximum atomic E-state index is 10.7. The van der Waals surface area contributed by atoms with Crippen LogP contribution in [0.5, 0.6) is 0 Å². The van der Waals surface area contributed by atoms with Gasteiger partial charge in [-0.25, -0.2) is 13.6 Å². The lowest BCUT2D eigenvalue weighted by Gasteiger charge is -2.02. The Balaban J connectivity index is 1.96. The Morgan fingerprint density at radius 2 is 2.06 bits per heavy atom. The molecule has 0 atom stereocenters. The molecular weight excluding hydrogens is 238 g/mol. The van der Waals surface area contributed by atoms with Crippen molar-refractivity contribution in [3.05, 3.63) is 36.0 Å². The first-order chi connectivity index (χ1) is 8.06. The minimum Gasteiger partial charge on any atom is -0.361 e. The van der Waals surface area contributed by atoms with Crippen LogP contribution in [0.25, 0.3) is 10.9 Å². The van der Waals surface area contributed by atoms with Gasteiger partial charge >= 0.3 is 0 Å². The van der Waals surface area contributed by atoms with Crippen LogP contribution in [0, 0.1) is 0 Å². The van der Waals surface area contributed by atoms with E-state index < -0.39 is 10.0 Å². The van der Waals surface area contributed by atoms with Crippen LogP contribution < -0.4 is 10.5 Å². The van der Waals surface area contributed by atoms with Crippen molar-refractivity contribution in [3.8, 4) is 0 Å². The quantitative estimate of drug-likeness (QED) is 0.680. The second-order valence-electron chi connectivity index (χ2n) is 3.90. The van der Waals surface area contributed by atoms with Crippen LogP contribution in [0.2, 0.25) is 0 Å². The van der Waals surface area contributed by atoms with Gasteiger partial charge in [0.2, 0.25) is 10.0 Å². The molecule has 0 bridgehead atoms. The number of nitrogens with one attached hydrogen (secondary N) is 2. The number of sulfonamides is 1. The molecule has 0 aliphatic heterocycles. The third-order valence-corrected chi connectivity index (χ3v) is 3.33. The molecule has 0 aliphatic rings. The van der Waals surface area contributed by atoms with Gasteiger partial charge in [-0.15, -0.1) is 0 Å². The molecule has 17 heavy (non-hydrogen) atoms. The zero-order chi connectivity index (χ0) is 12.3. The normalized spacial score (nSPS) is 12.1. The van der Waals surface area contributed by atoms with Gasteiger partial charge in [0.1, 0.15) is 0 Å². The van der Waals surface area contributed by atoms with E-state index >= 15 is 0 Å². The number of hydrogen-bond acceptors (Lipinski definition) is 3. The van der Waals surface area contributed by atoms with Crippen molar-refractivity contribution in [1.29, 1.82) is 0 Å². The van der Waals surface area contributed by atoms with Crippen molar-refractivity contribution in [2.45, 2.75) is 6.54 Å². The van der Waals surface area contributed by atoms with E-state index in [1.54, 1.807) is 0 Å². The molecule has 0 saturated heterocycles. The highest BCUT2D eigenvalue weighted by Crippen LogP contribution is 2.16. The maximum absolute atomic E-state index is 10.7. The summed E-state index contributed by atoms with van der Waals surface area (Å²) in [7, 11) is -3.38. The fraction of sp³-hybridized carbons (Fsp3) is 0.273. The summed E-state index contributed by atoms with van der Waals surface area (Å²) in [4.78, 5) is 3.16. The third kappa shape index (κ3) is 3.29. The number of rotatable bonds is 5. The van der Waals surface area contributed by atoms with Crippen LogP contribution in [0.4, 0.5) is 0 Å². The van der Waals surface area contributed by atoms with Gasteiger partial charge in [-0.2, -0.15) is 0 Å². The van der Waals surface area contributed by atoms with Crippen LogP contribution in [0.1, 0.15) is 5.56 Å². The molecule has 5 nitrogen and oxygen atoms in total. The summed E-state index contributed by atoms with van der Waals surface area (Å²) in [6.07, 6.45) is 1.93. The molecule has 1 aromatic carbocycles. The highest BCUT2D eigenvalue weighted by molar-refractivity contribution is 7.89. The number of primary sulfonamides is 1. The summed E-state index contributed by atoms with van der Waals surface area (Å²) in [6.45, 7) is 0.984. The van der Waals surface area contributed by atoms with Gasteiger partial charge in [-0.05, 0) is 11.6 Å². The van der Waals surface area contributed by atoms with Gasteiger partial charge < -0.3 is 10.3 Å². The number of nitrogens with two attached hydrogens (primary N) is 1. The molecule has 0 fully saturated rings. The number of aromatic nitrogens is 1. The summed E-state index contributed by atoms with van der Waals surface area (Å²) in [5, 5.41) is 9.12. The lowest BCUT2D eigenvalue weighted by Crippen LogP contribution is -2.26. The average molecular weight is 253 g/mol. The Hall–Kier alpha value is -1.37. The first-order valence-electron chi connectivity index (χ1n) is 5.32. The topological polar surface area (TPSA) is 88.0 Å². The van der Waals surface area contributed by atoms with Crippen molar-refractivity contribution in [3.63, 3.8) is 0 Å². The second kappa shape index (κ2) is 4.87. The van der Waals surface area contributed by atoms with Gasteiger partial charge in [0.05, 0.1) is 5.75 Å². The summed E-state index contributed by atoms with van der Waals surface area (Å²) < 4.78 is 21.5. The summed E-state index contributed by atoms with van der Waals surface area (Å²) in [5.74, 6) is -0.0463. The molecule has 0 radical (unpaired) electrons. The molecule has 92 valence electrons. The SMILES string of the molecule is NS(=O)(=O)CCNCc1c[nH]c2ccccc12. The van der Waals surface area contributed by atoms with Crippen molar-refractivity contribution in [1.82, 2.24) is 10.3 Å². The monoisotopic (exact) mass is 253 g/mol. The standard InChI is InChI=1S/C11H15N3O2S/c12-17(15,16)6-5-13-7-9-8-14-11-4-2-1-3-10(9)11/h1-4,8,13-14H,5-7H2,(H2,12,15,16). The van der Waals surface area contributed by atoms with Gasteiger partial charge in [0, 0.05) is 30.2 Å². The predicted octanol–water partition coefficient (Wildman–Crippen LogP) is 0.546. The van der Waals surface area contributed by atoms with E-state index in [0.29, 0.717) is 13.1 Å². The molecular formula is C11H15N3O2S. The Kier molecular flexibility index (Phi) is 3.46. The van der Waals surface area contributed by atoms with Crippen LogP contribution in [-0.2, 0) is 16.6 Å². The van der Waals surface area contributed by atoms with E-state index in [1.165, 1.54) is 0 Å². The minimum atomic E-state index is -3.38. The van der Waals surface area contributed by atoms with Gasteiger partial charge in [0.25, 0.3) is 0 Å². The number of H-pyrrole nitrogens is 1. The highest BCUT2D eigenvalue weighted by Gasteiger charge is 2.04. The van der Waals surface area contributed by atoms with Crippen LogP contribution in [-0.4, -0.2) is 25.7 Å². The van der Waals surface area contributed by atoms with Crippen LogP contribution in [0.15, 0.2) is 30.5 Å². The number of aromatic amines is 1. The Morgan fingerprint density at radius 3 is 2.82 bits per heavy atom. The van der Waals surface area contributed by atoms with E-state index in [1.807, 2.05) is 30.5 Å². The first kappa shape index (κ1) is 12.1. The van der Waals surface area contributed by atoms with Crippen molar-refractivity contribution in [2.24, 2.45) is 5.14 Å². The van der Waals surface area contributed by atoms with E-state index in [9.17, 15) is 8.42 Å². The molecule has 0 aliphatic carbocycles. The van der Waals surface area contributed by atoms with Crippen molar-refractivity contribution < 1.29 is 8.42 Å². The molecule has 1 heterocycles. The zero-order valence-corrected chi connectivity index (χ0v) is 10.1. The molecule has 0 unspecified atom stereocenters. The Bertz CT molecular complexity index is 604. The molecule has 2 aromatic rings. The summed E-state index contributed by atoms with van der Waals surface area (Å²) in [5.41, 5.74) is 2.20. The largest absolute Gasteiger partial charge is 0.361 e. The van der Waals surface area contributed by atoms with Gasteiger partial charge in [-0.3, -0.25) is 0 Å². The lowest BCUT2D eigenvalue weighted by atomic mass is 10.2. The zero-order valence-electron chi connectivity index (χ0n) is 9.31. The average Bonchev–Trinajstić information content (AvgIpc) is 2.67. The molecule has 0 amide bonds. The number of benzene rings is 1. The lowest BCUT2D eigenvalue weighted by molar-refractivity contribution is 0.592. The van der Waals surface area contributed by atoms with Gasteiger partial charge in [0.15, 0.2) is 0 Å². The predicted molar refractivity (Wildman–Crippen MR) is 68.0 cm³/mol. The third-order valence-electron chi connectivity index (χ3n) is 2.55. The molecule has 2 rings (SSSR count). The molecule has 0 saturated carbocycles. The molecule has 1 aromatic heterocycles. The van der Waals surface area contributed by atoms with E-state index in [2.05, 4.69) is 10.3 Å².